The second kappa shape index (κ2) is 6.87. The molecule has 0 unspecified atom stereocenters. The second-order valence-electron chi connectivity index (χ2n) is 5.71. The Morgan fingerprint density at radius 2 is 2.27 bits per heavy atom. The lowest BCUT2D eigenvalue weighted by Gasteiger charge is -2.35. The molecule has 3 rings (SSSR count). The van der Waals surface area contributed by atoms with Crippen molar-refractivity contribution >= 4 is 0 Å². The predicted molar refractivity (Wildman–Crippen MR) is 81.0 cm³/mol. The molecule has 22 heavy (non-hydrogen) atoms. The van der Waals surface area contributed by atoms with Gasteiger partial charge in [-0.05, 0) is 37.1 Å². The van der Waals surface area contributed by atoms with Crippen LogP contribution < -0.4 is 4.74 Å². The average Bonchev–Trinajstić information content (AvgIpc) is 3.02. The fourth-order valence-electron chi connectivity index (χ4n) is 3.06. The molecular formula is C16H21FN4O. The van der Waals surface area contributed by atoms with E-state index in [2.05, 4.69) is 15.0 Å². The molecule has 1 fully saturated rings. The van der Waals surface area contributed by atoms with E-state index in [0.29, 0.717) is 11.8 Å². The molecule has 0 bridgehead atoms. The molecule has 1 aromatic heterocycles. The maximum atomic E-state index is 13.8. The average molecular weight is 304 g/mol. The second-order valence-corrected chi connectivity index (χ2v) is 5.71. The van der Waals surface area contributed by atoms with Crippen molar-refractivity contribution in [3.8, 4) is 5.75 Å². The van der Waals surface area contributed by atoms with Gasteiger partial charge in [-0.25, -0.2) is 9.37 Å². The third kappa shape index (κ3) is 3.44. The van der Waals surface area contributed by atoms with E-state index in [1.807, 2.05) is 10.7 Å². The zero-order valence-corrected chi connectivity index (χ0v) is 12.8. The summed E-state index contributed by atoms with van der Waals surface area (Å²) in [6.45, 7) is 2.62. The fraction of sp³-hybridized carbons (Fsp3) is 0.500. The summed E-state index contributed by atoms with van der Waals surface area (Å²) >= 11 is 0. The molecule has 0 saturated carbocycles. The molecule has 5 nitrogen and oxygen atoms in total. The molecule has 0 amide bonds. The lowest BCUT2D eigenvalue weighted by molar-refractivity contribution is 0.121. The molecule has 0 spiro atoms. The van der Waals surface area contributed by atoms with Crippen molar-refractivity contribution in [1.82, 2.24) is 19.7 Å². The van der Waals surface area contributed by atoms with Gasteiger partial charge < -0.3 is 4.74 Å². The molecule has 0 aliphatic carbocycles. The Bertz CT molecular complexity index is 602. The van der Waals surface area contributed by atoms with Gasteiger partial charge in [0.2, 0.25) is 0 Å². The van der Waals surface area contributed by atoms with Crippen LogP contribution in [0.3, 0.4) is 0 Å². The molecular weight excluding hydrogens is 283 g/mol. The van der Waals surface area contributed by atoms with Crippen LogP contribution in [0.15, 0.2) is 30.9 Å². The van der Waals surface area contributed by atoms with E-state index in [-0.39, 0.29) is 5.82 Å². The number of piperidine rings is 1. The first kappa shape index (κ1) is 15.0. The number of benzene rings is 1. The largest absolute Gasteiger partial charge is 0.494 e. The van der Waals surface area contributed by atoms with Gasteiger partial charge in [0.1, 0.15) is 12.7 Å². The molecule has 0 N–H and O–H groups in total. The number of nitrogens with zero attached hydrogens (tertiary/aromatic N) is 4. The van der Waals surface area contributed by atoms with Gasteiger partial charge in [0, 0.05) is 12.6 Å². The molecule has 6 heteroatoms. The molecule has 0 radical (unpaired) electrons. The van der Waals surface area contributed by atoms with Crippen LogP contribution in [-0.2, 0) is 13.1 Å². The number of rotatable bonds is 5. The quantitative estimate of drug-likeness (QED) is 0.851. The van der Waals surface area contributed by atoms with Crippen LogP contribution >= 0.6 is 0 Å². The van der Waals surface area contributed by atoms with E-state index in [1.54, 1.807) is 24.8 Å². The minimum Gasteiger partial charge on any atom is -0.494 e. The van der Waals surface area contributed by atoms with Crippen LogP contribution in [0.5, 0.6) is 5.75 Å². The van der Waals surface area contributed by atoms with Crippen LogP contribution in [0.25, 0.3) is 0 Å². The van der Waals surface area contributed by atoms with Gasteiger partial charge in [0.15, 0.2) is 11.6 Å². The fourth-order valence-corrected chi connectivity index (χ4v) is 3.06. The molecule has 118 valence electrons. The van der Waals surface area contributed by atoms with E-state index in [0.717, 1.165) is 31.6 Å². The smallest absolute Gasteiger partial charge is 0.165 e. The van der Waals surface area contributed by atoms with Crippen molar-refractivity contribution in [2.75, 3.05) is 13.7 Å². The standard InChI is InChI=1S/C16H21FN4O/c1-22-16-6-5-13(8-15(16)17)9-20-7-3-2-4-14(20)10-21-12-18-11-19-21/h5-6,8,11-12,14H,2-4,7,9-10H2,1H3/t14-/m1/s1. The highest BCUT2D eigenvalue weighted by Gasteiger charge is 2.23. The Morgan fingerprint density at radius 3 is 3.00 bits per heavy atom. The van der Waals surface area contributed by atoms with Crippen molar-refractivity contribution < 1.29 is 9.13 Å². The van der Waals surface area contributed by atoms with Gasteiger partial charge in [-0.1, -0.05) is 12.5 Å². The van der Waals surface area contributed by atoms with Crippen LogP contribution in [0.1, 0.15) is 24.8 Å². The summed E-state index contributed by atoms with van der Waals surface area (Å²) in [7, 11) is 1.48. The van der Waals surface area contributed by atoms with Crippen LogP contribution in [0.2, 0.25) is 0 Å². The van der Waals surface area contributed by atoms with Gasteiger partial charge in [-0.15, -0.1) is 0 Å². The van der Waals surface area contributed by atoms with Crippen LogP contribution in [-0.4, -0.2) is 39.4 Å². The summed E-state index contributed by atoms with van der Waals surface area (Å²) in [5.41, 5.74) is 0.976. The Balaban J connectivity index is 1.69. The van der Waals surface area contributed by atoms with E-state index in [9.17, 15) is 4.39 Å². The van der Waals surface area contributed by atoms with E-state index in [4.69, 9.17) is 4.74 Å². The minimum atomic E-state index is -0.301. The number of likely N-dealkylation sites (tertiary alicyclic amines) is 1. The first-order chi connectivity index (χ1) is 10.8. The van der Waals surface area contributed by atoms with E-state index < -0.39 is 0 Å². The van der Waals surface area contributed by atoms with Crippen molar-refractivity contribution in [1.29, 1.82) is 0 Å². The summed E-state index contributed by atoms with van der Waals surface area (Å²) in [5.74, 6) is -0.00797. The third-order valence-electron chi connectivity index (χ3n) is 4.22. The van der Waals surface area contributed by atoms with E-state index >= 15 is 0 Å². The SMILES string of the molecule is COc1ccc(CN2CCCC[C@@H]2Cn2cncn2)cc1F. The Morgan fingerprint density at radius 1 is 1.36 bits per heavy atom. The van der Waals surface area contributed by atoms with Crippen LogP contribution in [0, 0.1) is 5.82 Å². The first-order valence-electron chi connectivity index (χ1n) is 7.65. The van der Waals surface area contributed by atoms with Crippen molar-refractivity contribution in [3.63, 3.8) is 0 Å². The number of aromatic nitrogens is 3. The summed E-state index contributed by atoms with van der Waals surface area (Å²) < 4.78 is 20.7. The van der Waals surface area contributed by atoms with E-state index in [1.165, 1.54) is 20.0 Å². The van der Waals surface area contributed by atoms with Crippen molar-refractivity contribution in [3.05, 3.63) is 42.2 Å². The molecule has 2 aromatic rings. The van der Waals surface area contributed by atoms with Gasteiger partial charge in [0.05, 0.1) is 13.7 Å². The van der Waals surface area contributed by atoms with Crippen molar-refractivity contribution in [2.45, 2.75) is 38.4 Å². The Labute approximate surface area is 129 Å². The third-order valence-corrected chi connectivity index (χ3v) is 4.22. The highest BCUT2D eigenvalue weighted by atomic mass is 19.1. The highest BCUT2D eigenvalue weighted by Crippen LogP contribution is 2.23. The predicted octanol–water partition coefficient (Wildman–Crippen LogP) is 2.48. The topological polar surface area (TPSA) is 43.2 Å². The summed E-state index contributed by atoms with van der Waals surface area (Å²) in [4.78, 5) is 6.41. The molecule has 1 aliphatic rings. The lowest BCUT2D eigenvalue weighted by atomic mass is 10.0. The zero-order chi connectivity index (χ0) is 15.4. The summed E-state index contributed by atoms with van der Waals surface area (Å²) in [6, 6.07) is 5.62. The lowest BCUT2D eigenvalue weighted by Crippen LogP contribution is -2.41. The number of halogens is 1. The maximum absolute atomic E-state index is 13.8. The number of ether oxygens (including phenoxy) is 1. The number of methoxy groups -OCH3 is 1. The number of hydrogen-bond donors (Lipinski definition) is 0. The van der Waals surface area contributed by atoms with Gasteiger partial charge >= 0.3 is 0 Å². The van der Waals surface area contributed by atoms with Gasteiger partial charge in [-0.2, -0.15) is 5.10 Å². The van der Waals surface area contributed by atoms with Crippen LogP contribution in [0.4, 0.5) is 4.39 Å². The van der Waals surface area contributed by atoms with Crippen molar-refractivity contribution in [2.24, 2.45) is 0 Å². The monoisotopic (exact) mass is 304 g/mol. The molecule has 1 aromatic carbocycles. The van der Waals surface area contributed by atoms with Gasteiger partial charge in [-0.3, -0.25) is 9.58 Å². The molecule has 1 atom stereocenters. The zero-order valence-electron chi connectivity index (χ0n) is 12.8. The first-order valence-corrected chi connectivity index (χ1v) is 7.65. The number of hydrogen-bond acceptors (Lipinski definition) is 4. The normalized spacial score (nSPS) is 19.3. The maximum Gasteiger partial charge on any atom is 0.165 e. The molecule has 1 aliphatic heterocycles. The molecule has 2 heterocycles. The highest BCUT2D eigenvalue weighted by molar-refractivity contribution is 5.29. The summed E-state index contributed by atoms with van der Waals surface area (Å²) in [6.07, 6.45) is 6.86. The minimum absolute atomic E-state index is 0.293. The molecule has 1 saturated heterocycles. The van der Waals surface area contributed by atoms with Gasteiger partial charge in [0.25, 0.3) is 0 Å². The summed E-state index contributed by atoms with van der Waals surface area (Å²) in [5, 5.41) is 4.19. The Hall–Kier alpha value is -1.95. The Kier molecular flexibility index (Phi) is 4.68.